The third-order valence-corrected chi connectivity index (χ3v) is 6.08. The second kappa shape index (κ2) is 21.0. The van der Waals surface area contributed by atoms with Crippen LogP contribution in [0.25, 0.3) is 0 Å². The Labute approximate surface area is 202 Å². The molecule has 0 aliphatic carbocycles. The van der Waals surface area contributed by atoms with Gasteiger partial charge in [-0.05, 0) is 25.7 Å². The van der Waals surface area contributed by atoms with Gasteiger partial charge in [0.05, 0.1) is 0 Å². The average molecular weight is 470 g/mol. The number of ether oxygens (including phenoxy) is 2. The highest BCUT2D eigenvalue weighted by molar-refractivity contribution is 5.77. The lowest BCUT2D eigenvalue weighted by Crippen LogP contribution is -2.55. The van der Waals surface area contributed by atoms with Gasteiger partial charge in [-0.1, -0.05) is 91.9 Å². The number of esters is 2. The lowest BCUT2D eigenvalue weighted by molar-refractivity contribution is -0.153. The van der Waals surface area contributed by atoms with Crippen molar-refractivity contribution in [3.05, 3.63) is 0 Å². The number of hydrogen-bond acceptors (Lipinski definition) is 5. The minimum absolute atomic E-state index is 0.0244. The number of amides is 1. The minimum atomic E-state index is -0.875. The van der Waals surface area contributed by atoms with E-state index in [1.807, 2.05) is 20.8 Å². The summed E-state index contributed by atoms with van der Waals surface area (Å²) in [5.74, 6) is -0.630. The Morgan fingerprint density at radius 1 is 0.576 bits per heavy atom. The predicted molar refractivity (Wildman–Crippen MR) is 134 cm³/mol. The Balaban J connectivity index is 4.60. The molecule has 194 valence electrons. The van der Waals surface area contributed by atoms with Crippen LogP contribution in [-0.2, 0) is 23.9 Å². The van der Waals surface area contributed by atoms with Crippen molar-refractivity contribution in [1.82, 2.24) is 5.32 Å². The van der Waals surface area contributed by atoms with Crippen molar-refractivity contribution in [2.24, 2.45) is 0 Å². The maximum atomic E-state index is 12.7. The molecule has 0 aromatic rings. The van der Waals surface area contributed by atoms with Crippen LogP contribution in [0.4, 0.5) is 0 Å². The molecule has 0 aliphatic rings. The van der Waals surface area contributed by atoms with E-state index in [0.717, 1.165) is 44.9 Å². The predicted octanol–water partition coefficient (Wildman–Crippen LogP) is 6.64. The Hall–Kier alpha value is -1.59. The van der Waals surface area contributed by atoms with Crippen LogP contribution in [0.5, 0.6) is 0 Å². The summed E-state index contributed by atoms with van der Waals surface area (Å²) in [6, 6.07) is 0. The Kier molecular flexibility index (Phi) is 20.0. The van der Waals surface area contributed by atoms with Gasteiger partial charge in [-0.2, -0.15) is 0 Å². The molecule has 0 aliphatic heterocycles. The van der Waals surface area contributed by atoms with Gasteiger partial charge in [-0.3, -0.25) is 14.4 Å². The van der Waals surface area contributed by atoms with Crippen molar-refractivity contribution in [2.75, 3.05) is 13.2 Å². The number of rotatable bonds is 22. The number of carbonyl (C=O) groups is 3. The van der Waals surface area contributed by atoms with Crippen molar-refractivity contribution in [3.63, 3.8) is 0 Å². The first-order valence-corrected chi connectivity index (χ1v) is 13.5. The Bertz CT molecular complexity index is 497. The molecule has 1 N–H and O–H groups in total. The van der Waals surface area contributed by atoms with Gasteiger partial charge in [0.1, 0.15) is 18.8 Å². The highest BCUT2D eigenvalue weighted by atomic mass is 16.5. The molecule has 0 aromatic heterocycles. The summed E-state index contributed by atoms with van der Waals surface area (Å²) < 4.78 is 10.9. The molecule has 0 saturated heterocycles. The molecule has 1 amide bonds. The molecule has 0 aromatic carbocycles. The van der Waals surface area contributed by atoms with Crippen LogP contribution in [0.3, 0.4) is 0 Å². The third kappa shape index (κ3) is 17.5. The van der Waals surface area contributed by atoms with Gasteiger partial charge < -0.3 is 14.8 Å². The summed E-state index contributed by atoms with van der Waals surface area (Å²) in [4.78, 5) is 36.8. The molecule has 0 radical (unpaired) electrons. The van der Waals surface area contributed by atoms with E-state index in [1.54, 1.807) is 0 Å². The van der Waals surface area contributed by atoms with E-state index < -0.39 is 5.54 Å². The molecular formula is C27H51NO5. The number of carbonyl (C=O) groups excluding carboxylic acids is 3. The number of hydrogen-bond donors (Lipinski definition) is 1. The highest BCUT2D eigenvalue weighted by Gasteiger charge is 2.33. The fraction of sp³-hybridized carbons (Fsp3) is 0.889. The quantitative estimate of drug-likeness (QED) is 0.142. The van der Waals surface area contributed by atoms with E-state index in [1.165, 1.54) is 38.5 Å². The van der Waals surface area contributed by atoms with E-state index in [2.05, 4.69) is 12.2 Å². The standard InChI is InChI=1S/C27H51NO5/c1-5-9-12-13-14-15-16-17-18-19-24(29)28-27(8-4,22-32-25(30)20-10-6-2)23-33-26(31)21-11-7-3/h5-23H2,1-4H3,(H,28,29). The summed E-state index contributed by atoms with van der Waals surface area (Å²) >= 11 is 0. The Morgan fingerprint density at radius 2 is 1.00 bits per heavy atom. The maximum absolute atomic E-state index is 12.7. The summed E-state index contributed by atoms with van der Waals surface area (Å²) in [5, 5.41) is 3.03. The van der Waals surface area contributed by atoms with Crippen LogP contribution in [0.1, 0.15) is 137 Å². The first-order valence-electron chi connectivity index (χ1n) is 13.5. The van der Waals surface area contributed by atoms with Crippen LogP contribution in [0.15, 0.2) is 0 Å². The molecule has 0 unspecified atom stereocenters. The smallest absolute Gasteiger partial charge is 0.305 e. The van der Waals surface area contributed by atoms with Crippen LogP contribution in [-0.4, -0.2) is 36.6 Å². The molecular weight excluding hydrogens is 418 g/mol. The fourth-order valence-corrected chi connectivity index (χ4v) is 3.58. The van der Waals surface area contributed by atoms with Crippen molar-refractivity contribution >= 4 is 17.8 Å². The first kappa shape index (κ1) is 31.4. The van der Waals surface area contributed by atoms with E-state index in [9.17, 15) is 14.4 Å². The summed E-state index contributed by atoms with van der Waals surface area (Å²) in [6.07, 6.45) is 15.8. The summed E-state index contributed by atoms with van der Waals surface area (Å²) in [6.45, 7) is 8.23. The van der Waals surface area contributed by atoms with Gasteiger partial charge in [-0.15, -0.1) is 0 Å². The maximum Gasteiger partial charge on any atom is 0.305 e. The summed E-state index contributed by atoms with van der Waals surface area (Å²) in [7, 11) is 0. The van der Waals surface area contributed by atoms with E-state index in [4.69, 9.17) is 9.47 Å². The van der Waals surface area contributed by atoms with Crippen LogP contribution < -0.4 is 5.32 Å². The SMILES string of the molecule is CCCCCCCCCCCC(=O)NC(CC)(COC(=O)CCCC)COC(=O)CCCC. The van der Waals surface area contributed by atoms with Crippen molar-refractivity contribution < 1.29 is 23.9 Å². The second-order valence-electron chi connectivity index (χ2n) is 9.29. The zero-order valence-electron chi connectivity index (χ0n) is 22.0. The van der Waals surface area contributed by atoms with Gasteiger partial charge in [0, 0.05) is 19.3 Å². The van der Waals surface area contributed by atoms with E-state index in [-0.39, 0.29) is 31.1 Å². The molecule has 0 bridgehead atoms. The van der Waals surface area contributed by atoms with Crippen molar-refractivity contribution in [2.45, 2.75) is 142 Å². The van der Waals surface area contributed by atoms with Gasteiger partial charge in [0.2, 0.25) is 5.91 Å². The molecule has 6 nitrogen and oxygen atoms in total. The van der Waals surface area contributed by atoms with Crippen LogP contribution in [0, 0.1) is 0 Å². The third-order valence-electron chi connectivity index (χ3n) is 6.08. The lowest BCUT2D eigenvalue weighted by atomic mass is 9.97. The molecule has 0 heterocycles. The number of unbranched alkanes of at least 4 members (excludes halogenated alkanes) is 10. The topological polar surface area (TPSA) is 81.7 Å². The zero-order chi connectivity index (χ0) is 24.8. The highest BCUT2D eigenvalue weighted by Crippen LogP contribution is 2.16. The van der Waals surface area contributed by atoms with Gasteiger partial charge >= 0.3 is 11.9 Å². The van der Waals surface area contributed by atoms with Crippen LogP contribution in [0.2, 0.25) is 0 Å². The van der Waals surface area contributed by atoms with Gasteiger partial charge in [0.15, 0.2) is 0 Å². The number of nitrogens with one attached hydrogen (secondary N) is 1. The van der Waals surface area contributed by atoms with Gasteiger partial charge in [-0.25, -0.2) is 0 Å². The first-order chi connectivity index (χ1) is 15.9. The zero-order valence-corrected chi connectivity index (χ0v) is 22.0. The second-order valence-corrected chi connectivity index (χ2v) is 9.29. The normalized spacial score (nSPS) is 11.3. The molecule has 0 fully saturated rings. The molecule has 33 heavy (non-hydrogen) atoms. The molecule has 0 saturated carbocycles. The lowest BCUT2D eigenvalue weighted by Gasteiger charge is -2.33. The van der Waals surface area contributed by atoms with Crippen LogP contribution >= 0.6 is 0 Å². The fourth-order valence-electron chi connectivity index (χ4n) is 3.58. The molecule has 6 heteroatoms. The monoisotopic (exact) mass is 469 g/mol. The summed E-state index contributed by atoms with van der Waals surface area (Å²) in [5.41, 5.74) is -0.875. The average Bonchev–Trinajstić information content (AvgIpc) is 2.82. The van der Waals surface area contributed by atoms with Crippen molar-refractivity contribution in [3.8, 4) is 0 Å². The molecule has 0 rings (SSSR count). The largest absolute Gasteiger partial charge is 0.463 e. The van der Waals surface area contributed by atoms with E-state index >= 15 is 0 Å². The Morgan fingerprint density at radius 3 is 1.42 bits per heavy atom. The molecule has 0 spiro atoms. The van der Waals surface area contributed by atoms with Gasteiger partial charge in [0.25, 0.3) is 0 Å². The molecule has 0 atom stereocenters. The van der Waals surface area contributed by atoms with E-state index in [0.29, 0.717) is 25.7 Å². The van der Waals surface area contributed by atoms with Crippen molar-refractivity contribution in [1.29, 1.82) is 0 Å². The minimum Gasteiger partial charge on any atom is -0.463 e.